The molecular weight excluding hydrogens is 263 g/mol. The number of hydrogen-bond donors (Lipinski definition) is 1. The van der Waals surface area contributed by atoms with Crippen molar-refractivity contribution >= 4 is 12.4 Å². The molecule has 0 radical (unpaired) electrons. The van der Waals surface area contributed by atoms with E-state index in [1.807, 2.05) is 0 Å². The fourth-order valence-corrected chi connectivity index (χ4v) is 1.65. The third kappa shape index (κ3) is 3.46. The quantitative estimate of drug-likeness (QED) is 0.839. The third-order valence-electron chi connectivity index (χ3n) is 2.62. The number of benzene rings is 1. The normalized spacial score (nSPS) is 12.8. The highest BCUT2D eigenvalue weighted by Gasteiger charge is 2.31. The van der Waals surface area contributed by atoms with Gasteiger partial charge in [-0.25, -0.2) is 4.79 Å². The number of carboxylic acids is 1. The molecule has 1 aromatic carbocycles. The fraction of sp³-hybridized carbons (Fsp3) is 0.333. The molecule has 0 heterocycles. The Morgan fingerprint density at radius 1 is 1.37 bits per heavy atom. The summed E-state index contributed by atoms with van der Waals surface area (Å²) in [6.45, 7) is 1.72. The molecule has 7 heteroatoms. The van der Waals surface area contributed by atoms with Gasteiger partial charge in [0, 0.05) is 6.54 Å². The lowest BCUT2D eigenvalue weighted by molar-refractivity contribution is -0.146. The van der Waals surface area contributed by atoms with Gasteiger partial charge in [0.2, 0.25) is 6.41 Å². The van der Waals surface area contributed by atoms with Crippen molar-refractivity contribution in [3.63, 3.8) is 0 Å². The maximum atomic E-state index is 12.4. The molecule has 4 nitrogen and oxygen atoms in total. The molecule has 1 unspecified atom stereocenters. The minimum atomic E-state index is -4.48. The molecule has 0 fully saturated rings. The Bertz CT molecular complexity index is 456. The lowest BCUT2D eigenvalue weighted by atomic mass is 10.0. The molecule has 0 aliphatic heterocycles. The van der Waals surface area contributed by atoms with E-state index < -0.39 is 23.8 Å². The molecule has 1 amide bonds. The summed E-state index contributed by atoms with van der Waals surface area (Å²) in [7, 11) is 0. The first-order valence-electron chi connectivity index (χ1n) is 5.42. The van der Waals surface area contributed by atoms with Crippen molar-refractivity contribution in [2.45, 2.75) is 19.1 Å². The van der Waals surface area contributed by atoms with E-state index in [0.717, 1.165) is 29.2 Å². The highest BCUT2D eigenvalue weighted by Crippen LogP contribution is 2.30. The Morgan fingerprint density at radius 2 is 1.89 bits per heavy atom. The van der Waals surface area contributed by atoms with Crippen LogP contribution in [-0.2, 0) is 15.8 Å². The summed E-state index contributed by atoms with van der Waals surface area (Å²) in [6.07, 6.45) is -4.12. The zero-order chi connectivity index (χ0) is 14.6. The van der Waals surface area contributed by atoms with Crippen LogP contribution in [0.4, 0.5) is 13.2 Å². The van der Waals surface area contributed by atoms with Crippen LogP contribution in [0.3, 0.4) is 0 Å². The Hall–Kier alpha value is -2.05. The molecule has 104 valence electrons. The summed E-state index contributed by atoms with van der Waals surface area (Å²) >= 11 is 0. The second-order valence-corrected chi connectivity index (χ2v) is 3.80. The molecule has 1 rings (SSSR count). The van der Waals surface area contributed by atoms with E-state index in [1.54, 1.807) is 6.92 Å². The first kappa shape index (κ1) is 15.0. The summed E-state index contributed by atoms with van der Waals surface area (Å²) in [4.78, 5) is 22.9. The Morgan fingerprint density at radius 3 is 2.21 bits per heavy atom. The Labute approximate surface area is 107 Å². The number of halogens is 3. The molecule has 0 saturated heterocycles. The molecule has 0 bridgehead atoms. The predicted octanol–water partition coefficient (Wildman–Crippen LogP) is 2.31. The molecule has 0 aliphatic carbocycles. The highest BCUT2D eigenvalue weighted by atomic mass is 19.4. The number of rotatable bonds is 5. The van der Waals surface area contributed by atoms with Gasteiger partial charge in [0.15, 0.2) is 6.04 Å². The van der Waals surface area contributed by atoms with Gasteiger partial charge < -0.3 is 10.0 Å². The highest BCUT2D eigenvalue weighted by molar-refractivity contribution is 5.78. The molecule has 1 aromatic rings. The monoisotopic (exact) mass is 275 g/mol. The van der Waals surface area contributed by atoms with E-state index >= 15 is 0 Å². The number of likely N-dealkylation sites (N-methyl/N-ethyl adjacent to an activating group) is 1. The second kappa shape index (κ2) is 5.73. The van der Waals surface area contributed by atoms with Crippen molar-refractivity contribution in [2.75, 3.05) is 6.54 Å². The number of carbonyl (C=O) groups excluding carboxylic acids is 1. The first-order valence-corrected chi connectivity index (χ1v) is 5.42. The maximum absolute atomic E-state index is 12.4. The van der Waals surface area contributed by atoms with Crippen LogP contribution >= 0.6 is 0 Å². The van der Waals surface area contributed by atoms with Gasteiger partial charge in [-0.3, -0.25) is 4.79 Å². The van der Waals surface area contributed by atoms with Crippen LogP contribution in [0.2, 0.25) is 0 Å². The summed E-state index contributed by atoms with van der Waals surface area (Å²) in [5.74, 6) is -1.30. The summed E-state index contributed by atoms with van der Waals surface area (Å²) < 4.78 is 37.2. The standard InChI is InChI=1S/C12H12F3NO3/c1-2-16(7-17)10(11(18)19)8-3-5-9(6-4-8)12(13,14)15/h3-7,10H,2H2,1H3,(H,18,19). The van der Waals surface area contributed by atoms with Gasteiger partial charge in [-0.15, -0.1) is 0 Å². The Balaban J connectivity index is 3.12. The van der Waals surface area contributed by atoms with E-state index in [2.05, 4.69) is 0 Å². The summed E-state index contributed by atoms with van der Waals surface area (Å²) in [6, 6.07) is 2.43. The lowest BCUT2D eigenvalue weighted by Crippen LogP contribution is -2.32. The number of carbonyl (C=O) groups is 2. The molecule has 0 aromatic heterocycles. The summed E-state index contributed by atoms with van der Waals surface area (Å²) in [5, 5.41) is 9.07. The minimum absolute atomic E-state index is 0.120. The van der Waals surface area contributed by atoms with Crippen molar-refractivity contribution in [2.24, 2.45) is 0 Å². The zero-order valence-electron chi connectivity index (χ0n) is 10.0. The van der Waals surface area contributed by atoms with Crippen LogP contribution in [-0.4, -0.2) is 28.9 Å². The second-order valence-electron chi connectivity index (χ2n) is 3.80. The topological polar surface area (TPSA) is 57.6 Å². The van der Waals surface area contributed by atoms with Crippen molar-refractivity contribution in [3.8, 4) is 0 Å². The predicted molar refractivity (Wildman–Crippen MR) is 60.3 cm³/mol. The number of alkyl halides is 3. The van der Waals surface area contributed by atoms with Gasteiger partial charge in [0.1, 0.15) is 0 Å². The summed E-state index contributed by atoms with van der Waals surface area (Å²) in [5.41, 5.74) is -0.746. The zero-order valence-corrected chi connectivity index (χ0v) is 10.0. The van der Waals surface area contributed by atoms with Gasteiger partial charge in [0.25, 0.3) is 0 Å². The molecule has 1 N–H and O–H groups in total. The average molecular weight is 275 g/mol. The van der Waals surface area contributed by atoms with Crippen LogP contribution in [0.5, 0.6) is 0 Å². The first-order chi connectivity index (χ1) is 8.81. The molecule has 0 aliphatic rings. The van der Waals surface area contributed by atoms with Gasteiger partial charge in [-0.05, 0) is 24.6 Å². The average Bonchev–Trinajstić information content (AvgIpc) is 2.34. The van der Waals surface area contributed by atoms with Crippen LogP contribution in [0, 0.1) is 0 Å². The molecular formula is C12H12F3NO3. The number of hydrogen-bond acceptors (Lipinski definition) is 2. The van der Waals surface area contributed by atoms with Crippen LogP contribution in [0.15, 0.2) is 24.3 Å². The van der Waals surface area contributed by atoms with Crippen LogP contribution in [0.1, 0.15) is 24.1 Å². The van der Waals surface area contributed by atoms with E-state index in [-0.39, 0.29) is 12.1 Å². The van der Waals surface area contributed by atoms with Gasteiger partial charge in [0.05, 0.1) is 5.56 Å². The number of carboxylic acid groups (broad SMARTS) is 1. The van der Waals surface area contributed by atoms with E-state index in [9.17, 15) is 22.8 Å². The van der Waals surface area contributed by atoms with Crippen molar-refractivity contribution in [3.05, 3.63) is 35.4 Å². The molecule has 0 saturated carbocycles. The largest absolute Gasteiger partial charge is 0.479 e. The fourth-order valence-electron chi connectivity index (χ4n) is 1.65. The molecule has 19 heavy (non-hydrogen) atoms. The SMILES string of the molecule is CCN(C=O)C(C(=O)O)c1ccc(C(F)(F)F)cc1. The van der Waals surface area contributed by atoms with Gasteiger partial charge in [-0.2, -0.15) is 13.2 Å². The van der Waals surface area contributed by atoms with Gasteiger partial charge >= 0.3 is 12.1 Å². The van der Waals surface area contributed by atoms with Crippen molar-refractivity contribution < 1.29 is 27.9 Å². The third-order valence-corrected chi connectivity index (χ3v) is 2.62. The Kier molecular flexibility index (Phi) is 4.52. The lowest BCUT2D eigenvalue weighted by Gasteiger charge is -2.24. The number of nitrogens with zero attached hydrogens (tertiary/aromatic N) is 1. The van der Waals surface area contributed by atoms with E-state index in [4.69, 9.17) is 5.11 Å². The minimum Gasteiger partial charge on any atom is -0.479 e. The van der Waals surface area contributed by atoms with E-state index in [1.165, 1.54) is 0 Å². The molecule has 1 atom stereocenters. The van der Waals surface area contributed by atoms with Crippen LogP contribution < -0.4 is 0 Å². The molecule has 0 spiro atoms. The smallest absolute Gasteiger partial charge is 0.416 e. The maximum Gasteiger partial charge on any atom is 0.416 e. The number of aliphatic carboxylic acids is 1. The van der Waals surface area contributed by atoms with Crippen molar-refractivity contribution in [1.29, 1.82) is 0 Å². The number of amides is 1. The van der Waals surface area contributed by atoms with Crippen molar-refractivity contribution in [1.82, 2.24) is 4.90 Å². The van der Waals surface area contributed by atoms with E-state index in [0.29, 0.717) is 6.41 Å². The van der Waals surface area contributed by atoms with Crippen LogP contribution in [0.25, 0.3) is 0 Å². The van der Waals surface area contributed by atoms with Gasteiger partial charge in [-0.1, -0.05) is 12.1 Å².